The number of carbonyl (C=O) groups excluding carboxylic acids is 1. The average Bonchev–Trinajstić information content (AvgIpc) is 2.44. The minimum absolute atomic E-state index is 0.0430. The first-order valence-corrected chi connectivity index (χ1v) is 7.56. The molecule has 0 aliphatic heterocycles. The number of carbonyl (C=O) groups is 1. The normalized spacial score (nSPS) is 12.0. The number of halogens is 3. The second kappa shape index (κ2) is 6.70. The van der Waals surface area contributed by atoms with Crippen molar-refractivity contribution >= 4 is 17.4 Å². The van der Waals surface area contributed by atoms with E-state index < -0.39 is 17.6 Å². The summed E-state index contributed by atoms with van der Waals surface area (Å²) < 4.78 is 38.3. The van der Waals surface area contributed by atoms with Crippen molar-refractivity contribution in [1.29, 1.82) is 0 Å². The van der Waals surface area contributed by atoms with E-state index in [1.54, 1.807) is 6.92 Å². The van der Waals surface area contributed by atoms with Crippen LogP contribution in [0.15, 0.2) is 30.3 Å². The van der Waals surface area contributed by atoms with E-state index in [-0.39, 0.29) is 16.9 Å². The molecule has 0 aliphatic rings. The van der Waals surface area contributed by atoms with E-state index in [9.17, 15) is 18.0 Å². The average molecular weight is 352 g/mol. The molecule has 0 atom stereocenters. The van der Waals surface area contributed by atoms with Gasteiger partial charge in [-0.3, -0.25) is 4.79 Å². The zero-order valence-corrected chi connectivity index (χ0v) is 14.3. The van der Waals surface area contributed by atoms with Crippen molar-refractivity contribution in [3.05, 3.63) is 47.4 Å². The Labute approximate surface area is 143 Å². The Bertz CT molecular complexity index is 782. The second-order valence-corrected chi connectivity index (χ2v) is 6.59. The Balaban J connectivity index is 2.24. The molecule has 0 saturated carbocycles. The van der Waals surface area contributed by atoms with E-state index in [4.69, 9.17) is 0 Å². The molecule has 0 spiro atoms. The molecule has 1 aromatic carbocycles. The summed E-state index contributed by atoms with van der Waals surface area (Å²) in [4.78, 5) is 20.6. The number of alkyl halides is 3. The Morgan fingerprint density at radius 1 is 1.08 bits per heavy atom. The summed E-state index contributed by atoms with van der Waals surface area (Å²) in [6.45, 7) is 7.45. The van der Waals surface area contributed by atoms with Gasteiger partial charge >= 0.3 is 6.18 Å². The van der Waals surface area contributed by atoms with Gasteiger partial charge < -0.3 is 10.6 Å². The number of aromatic nitrogens is 2. The Hall–Kier alpha value is -2.64. The lowest BCUT2D eigenvalue weighted by Gasteiger charge is -2.21. The van der Waals surface area contributed by atoms with Crippen LogP contribution in [0.2, 0.25) is 0 Å². The number of nitrogens with zero attached hydrogens (tertiary/aromatic N) is 2. The van der Waals surface area contributed by atoms with Crippen LogP contribution in [0.4, 0.5) is 24.7 Å². The third-order valence-corrected chi connectivity index (χ3v) is 3.02. The van der Waals surface area contributed by atoms with E-state index in [1.165, 1.54) is 18.2 Å². The predicted octanol–water partition coefficient (Wildman–Crippen LogP) is 4.27. The second-order valence-electron chi connectivity index (χ2n) is 6.59. The number of anilines is 2. The van der Waals surface area contributed by atoms with Crippen molar-refractivity contribution in [3.8, 4) is 0 Å². The summed E-state index contributed by atoms with van der Waals surface area (Å²) >= 11 is 0. The molecule has 134 valence electrons. The standard InChI is InChI=1S/C17H19F3N4O/c1-10-21-13(9-14(22-10)24-16(2,3)4)15(25)23-12-7-5-6-11(8-12)17(18,19)20/h5-9H,1-4H3,(H,23,25)(H,21,22,24). The SMILES string of the molecule is Cc1nc(NC(C)(C)C)cc(C(=O)Nc2cccc(C(F)(F)F)c2)n1. The van der Waals surface area contributed by atoms with Crippen molar-refractivity contribution < 1.29 is 18.0 Å². The van der Waals surface area contributed by atoms with Gasteiger partial charge in [0.15, 0.2) is 0 Å². The molecule has 1 heterocycles. The first kappa shape index (κ1) is 18.7. The highest BCUT2D eigenvalue weighted by Crippen LogP contribution is 2.30. The van der Waals surface area contributed by atoms with E-state index in [1.807, 2.05) is 20.8 Å². The number of benzene rings is 1. The molecule has 0 saturated heterocycles. The molecule has 25 heavy (non-hydrogen) atoms. The molecule has 8 heteroatoms. The zero-order chi connectivity index (χ0) is 18.8. The number of hydrogen-bond acceptors (Lipinski definition) is 4. The van der Waals surface area contributed by atoms with Gasteiger partial charge in [-0.15, -0.1) is 0 Å². The van der Waals surface area contributed by atoms with Crippen LogP contribution in [0.3, 0.4) is 0 Å². The van der Waals surface area contributed by atoms with Crippen LogP contribution in [0.1, 0.15) is 42.6 Å². The third-order valence-electron chi connectivity index (χ3n) is 3.02. The molecule has 0 radical (unpaired) electrons. The van der Waals surface area contributed by atoms with Gasteiger partial charge in [0.25, 0.3) is 5.91 Å². The first-order chi connectivity index (χ1) is 11.4. The van der Waals surface area contributed by atoms with Gasteiger partial charge in [-0.2, -0.15) is 13.2 Å². The summed E-state index contributed by atoms with van der Waals surface area (Å²) in [6.07, 6.45) is -4.48. The van der Waals surface area contributed by atoms with Gasteiger partial charge in [0.05, 0.1) is 5.56 Å². The smallest absolute Gasteiger partial charge is 0.365 e. The molecule has 2 N–H and O–H groups in total. The molecule has 0 bridgehead atoms. The van der Waals surface area contributed by atoms with Crippen LogP contribution < -0.4 is 10.6 Å². The molecule has 2 rings (SSSR count). The van der Waals surface area contributed by atoms with Crippen LogP contribution >= 0.6 is 0 Å². The lowest BCUT2D eigenvalue weighted by atomic mass is 10.1. The van der Waals surface area contributed by atoms with E-state index in [0.717, 1.165) is 12.1 Å². The molecular weight excluding hydrogens is 333 g/mol. The van der Waals surface area contributed by atoms with Crippen LogP contribution in [-0.2, 0) is 6.18 Å². The lowest BCUT2D eigenvalue weighted by molar-refractivity contribution is -0.137. The molecule has 0 aliphatic carbocycles. The maximum absolute atomic E-state index is 12.8. The molecular formula is C17H19F3N4O. The maximum atomic E-state index is 12.8. The molecule has 1 amide bonds. The first-order valence-electron chi connectivity index (χ1n) is 7.56. The number of amides is 1. The monoisotopic (exact) mass is 352 g/mol. The fourth-order valence-electron chi connectivity index (χ4n) is 2.10. The highest BCUT2D eigenvalue weighted by molar-refractivity contribution is 6.03. The van der Waals surface area contributed by atoms with E-state index in [2.05, 4.69) is 20.6 Å². The van der Waals surface area contributed by atoms with Crippen LogP contribution in [0.5, 0.6) is 0 Å². The molecule has 0 fully saturated rings. The number of nitrogens with one attached hydrogen (secondary N) is 2. The van der Waals surface area contributed by atoms with Crippen molar-refractivity contribution in [1.82, 2.24) is 9.97 Å². The van der Waals surface area contributed by atoms with Gasteiger partial charge in [0, 0.05) is 17.3 Å². The van der Waals surface area contributed by atoms with E-state index in [0.29, 0.717) is 11.6 Å². The highest BCUT2D eigenvalue weighted by atomic mass is 19.4. The minimum Gasteiger partial charge on any atom is -0.365 e. The topological polar surface area (TPSA) is 66.9 Å². The van der Waals surface area contributed by atoms with Gasteiger partial charge in [0.1, 0.15) is 17.3 Å². The van der Waals surface area contributed by atoms with Gasteiger partial charge in [-0.05, 0) is 45.9 Å². The molecule has 2 aromatic rings. The summed E-state index contributed by atoms with van der Waals surface area (Å²) in [6, 6.07) is 5.89. The highest BCUT2D eigenvalue weighted by Gasteiger charge is 2.30. The van der Waals surface area contributed by atoms with Crippen molar-refractivity contribution in [2.45, 2.75) is 39.4 Å². The van der Waals surface area contributed by atoms with Crippen molar-refractivity contribution in [2.24, 2.45) is 0 Å². The maximum Gasteiger partial charge on any atom is 0.416 e. The molecule has 1 aromatic heterocycles. The predicted molar refractivity (Wildman–Crippen MR) is 89.5 cm³/mol. The minimum atomic E-state index is -4.48. The third kappa shape index (κ3) is 5.44. The van der Waals surface area contributed by atoms with Crippen molar-refractivity contribution in [2.75, 3.05) is 10.6 Å². The summed E-state index contributed by atoms with van der Waals surface area (Å²) in [5, 5.41) is 5.56. The van der Waals surface area contributed by atoms with Crippen LogP contribution in [0.25, 0.3) is 0 Å². The van der Waals surface area contributed by atoms with Gasteiger partial charge in [-0.25, -0.2) is 9.97 Å². The lowest BCUT2D eigenvalue weighted by Crippen LogP contribution is -2.27. The summed E-state index contributed by atoms with van der Waals surface area (Å²) in [5.74, 6) is 0.236. The van der Waals surface area contributed by atoms with E-state index >= 15 is 0 Å². The van der Waals surface area contributed by atoms with Gasteiger partial charge in [0.2, 0.25) is 0 Å². The number of rotatable bonds is 3. The van der Waals surface area contributed by atoms with Crippen LogP contribution in [0, 0.1) is 6.92 Å². The summed E-state index contributed by atoms with van der Waals surface area (Å²) in [7, 11) is 0. The fraction of sp³-hybridized carbons (Fsp3) is 0.353. The van der Waals surface area contributed by atoms with Crippen molar-refractivity contribution in [3.63, 3.8) is 0 Å². The van der Waals surface area contributed by atoms with Crippen LogP contribution in [-0.4, -0.2) is 21.4 Å². The Kier molecular flexibility index (Phi) is 5.01. The number of hydrogen-bond donors (Lipinski definition) is 2. The summed E-state index contributed by atoms with van der Waals surface area (Å²) in [5.41, 5.74) is -0.993. The Morgan fingerprint density at radius 2 is 1.76 bits per heavy atom. The quantitative estimate of drug-likeness (QED) is 0.866. The molecule has 5 nitrogen and oxygen atoms in total. The number of aryl methyl sites for hydroxylation is 1. The fourth-order valence-corrected chi connectivity index (χ4v) is 2.10. The zero-order valence-electron chi connectivity index (χ0n) is 14.3. The van der Waals surface area contributed by atoms with Gasteiger partial charge in [-0.1, -0.05) is 6.07 Å². The molecule has 0 unspecified atom stereocenters. The Morgan fingerprint density at radius 3 is 2.36 bits per heavy atom. The largest absolute Gasteiger partial charge is 0.416 e.